The van der Waals surface area contributed by atoms with E-state index in [1.807, 2.05) is 30.3 Å². The third kappa shape index (κ3) is 3.92. The molecule has 0 amide bonds. The molecule has 0 unspecified atom stereocenters. The molecular weight excluding hydrogens is 186 g/mol. The molecule has 0 bridgehead atoms. The Balaban J connectivity index is 2.36. The first-order valence-electron chi connectivity index (χ1n) is 5.69. The number of benzene rings is 1. The van der Waals surface area contributed by atoms with Gasteiger partial charge in [-0.25, -0.2) is 0 Å². The standard InChI is InChI=1S/C13H21NO/c1-4-14(5-2)12(3)11-15-13-9-7-6-8-10-13/h6-10,12H,4-5,11H2,1-3H3/t12-/m1/s1. The lowest BCUT2D eigenvalue weighted by atomic mass is 10.3. The van der Waals surface area contributed by atoms with Crippen LogP contribution in [-0.4, -0.2) is 30.6 Å². The monoisotopic (exact) mass is 207 g/mol. The minimum Gasteiger partial charge on any atom is -0.492 e. The fourth-order valence-corrected chi connectivity index (χ4v) is 1.69. The summed E-state index contributed by atoms with van der Waals surface area (Å²) in [6.45, 7) is 9.48. The minimum atomic E-state index is 0.472. The Hall–Kier alpha value is -1.02. The van der Waals surface area contributed by atoms with E-state index >= 15 is 0 Å². The van der Waals surface area contributed by atoms with Crippen LogP contribution in [-0.2, 0) is 0 Å². The van der Waals surface area contributed by atoms with Crippen molar-refractivity contribution in [3.05, 3.63) is 30.3 Å². The number of rotatable bonds is 6. The molecule has 0 saturated heterocycles. The topological polar surface area (TPSA) is 12.5 Å². The lowest BCUT2D eigenvalue weighted by Crippen LogP contribution is -2.36. The first-order valence-corrected chi connectivity index (χ1v) is 5.69. The molecule has 0 saturated carbocycles. The second-order valence-electron chi connectivity index (χ2n) is 3.69. The highest BCUT2D eigenvalue weighted by Crippen LogP contribution is 2.09. The van der Waals surface area contributed by atoms with Crippen molar-refractivity contribution in [3.63, 3.8) is 0 Å². The average Bonchev–Trinajstić information content (AvgIpc) is 2.29. The quantitative estimate of drug-likeness (QED) is 0.711. The zero-order valence-electron chi connectivity index (χ0n) is 9.94. The highest BCUT2D eigenvalue weighted by atomic mass is 16.5. The Labute approximate surface area is 92.9 Å². The normalized spacial score (nSPS) is 12.8. The van der Waals surface area contributed by atoms with Crippen LogP contribution in [0.4, 0.5) is 0 Å². The van der Waals surface area contributed by atoms with Gasteiger partial charge in [-0.3, -0.25) is 4.90 Å². The number of hydrogen-bond donors (Lipinski definition) is 0. The molecule has 15 heavy (non-hydrogen) atoms. The highest BCUT2D eigenvalue weighted by molar-refractivity contribution is 5.20. The molecule has 0 spiro atoms. The van der Waals surface area contributed by atoms with Gasteiger partial charge in [-0.1, -0.05) is 32.0 Å². The summed E-state index contributed by atoms with van der Waals surface area (Å²) in [7, 11) is 0. The molecule has 2 heteroatoms. The molecule has 0 heterocycles. The van der Waals surface area contributed by atoms with E-state index in [0.29, 0.717) is 6.04 Å². The zero-order valence-corrected chi connectivity index (χ0v) is 9.94. The second kappa shape index (κ2) is 6.46. The van der Waals surface area contributed by atoms with E-state index < -0.39 is 0 Å². The van der Waals surface area contributed by atoms with Gasteiger partial charge in [0.05, 0.1) is 0 Å². The third-order valence-electron chi connectivity index (χ3n) is 2.67. The molecule has 0 aromatic heterocycles. The van der Waals surface area contributed by atoms with Crippen LogP contribution >= 0.6 is 0 Å². The summed E-state index contributed by atoms with van der Waals surface area (Å²) in [6, 6.07) is 10.5. The Kier molecular flexibility index (Phi) is 5.19. The maximum absolute atomic E-state index is 5.71. The number of para-hydroxylation sites is 1. The molecule has 0 aliphatic carbocycles. The predicted molar refractivity (Wildman–Crippen MR) is 64.3 cm³/mol. The van der Waals surface area contributed by atoms with E-state index in [4.69, 9.17) is 4.74 Å². The first-order chi connectivity index (χ1) is 7.27. The Morgan fingerprint density at radius 3 is 2.27 bits per heavy atom. The molecule has 84 valence electrons. The van der Waals surface area contributed by atoms with E-state index in [9.17, 15) is 0 Å². The van der Waals surface area contributed by atoms with E-state index in [-0.39, 0.29) is 0 Å². The Morgan fingerprint density at radius 1 is 1.13 bits per heavy atom. The van der Waals surface area contributed by atoms with E-state index in [1.165, 1.54) is 0 Å². The Bertz CT molecular complexity index is 256. The molecule has 1 rings (SSSR count). The van der Waals surface area contributed by atoms with Crippen molar-refractivity contribution in [3.8, 4) is 5.75 Å². The smallest absolute Gasteiger partial charge is 0.119 e. The number of ether oxygens (including phenoxy) is 1. The molecule has 2 nitrogen and oxygen atoms in total. The van der Waals surface area contributed by atoms with E-state index in [0.717, 1.165) is 25.4 Å². The van der Waals surface area contributed by atoms with Gasteiger partial charge in [0.1, 0.15) is 12.4 Å². The molecule has 0 fully saturated rings. The molecular formula is C13H21NO. The largest absolute Gasteiger partial charge is 0.492 e. The molecule has 0 N–H and O–H groups in total. The number of hydrogen-bond acceptors (Lipinski definition) is 2. The van der Waals surface area contributed by atoms with E-state index in [1.54, 1.807) is 0 Å². The van der Waals surface area contributed by atoms with Crippen molar-refractivity contribution in [2.24, 2.45) is 0 Å². The predicted octanol–water partition coefficient (Wildman–Crippen LogP) is 2.80. The lowest BCUT2D eigenvalue weighted by Gasteiger charge is -2.26. The zero-order chi connectivity index (χ0) is 11.1. The fourth-order valence-electron chi connectivity index (χ4n) is 1.69. The van der Waals surface area contributed by atoms with Crippen LogP contribution in [0.2, 0.25) is 0 Å². The van der Waals surface area contributed by atoms with Crippen molar-refractivity contribution < 1.29 is 4.74 Å². The van der Waals surface area contributed by atoms with Gasteiger partial charge in [-0.2, -0.15) is 0 Å². The average molecular weight is 207 g/mol. The second-order valence-corrected chi connectivity index (χ2v) is 3.69. The maximum atomic E-state index is 5.71. The van der Waals surface area contributed by atoms with E-state index in [2.05, 4.69) is 25.7 Å². The van der Waals surface area contributed by atoms with Crippen LogP contribution in [0, 0.1) is 0 Å². The maximum Gasteiger partial charge on any atom is 0.119 e. The van der Waals surface area contributed by atoms with Crippen LogP contribution < -0.4 is 4.74 Å². The SMILES string of the molecule is CCN(CC)[C@H](C)COc1ccccc1. The van der Waals surface area contributed by atoms with Crippen LogP contribution in [0.25, 0.3) is 0 Å². The highest BCUT2D eigenvalue weighted by Gasteiger charge is 2.09. The summed E-state index contributed by atoms with van der Waals surface area (Å²) in [5.74, 6) is 0.955. The molecule has 0 aliphatic heterocycles. The summed E-state index contributed by atoms with van der Waals surface area (Å²) >= 11 is 0. The van der Waals surface area contributed by atoms with Crippen molar-refractivity contribution in [1.29, 1.82) is 0 Å². The first kappa shape index (κ1) is 12.1. The summed E-state index contributed by atoms with van der Waals surface area (Å²) < 4.78 is 5.71. The molecule has 0 aliphatic rings. The lowest BCUT2D eigenvalue weighted by molar-refractivity contribution is 0.158. The number of nitrogens with zero attached hydrogens (tertiary/aromatic N) is 1. The van der Waals surface area contributed by atoms with Crippen LogP contribution in [0.5, 0.6) is 5.75 Å². The van der Waals surface area contributed by atoms with Gasteiger partial charge in [0.2, 0.25) is 0 Å². The van der Waals surface area contributed by atoms with Gasteiger partial charge >= 0.3 is 0 Å². The van der Waals surface area contributed by atoms with Gasteiger partial charge < -0.3 is 4.74 Å². The van der Waals surface area contributed by atoms with Gasteiger partial charge in [-0.15, -0.1) is 0 Å². The fraction of sp³-hybridized carbons (Fsp3) is 0.538. The Morgan fingerprint density at radius 2 is 1.73 bits per heavy atom. The number of likely N-dealkylation sites (N-methyl/N-ethyl adjacent to an activating group) is 1. The molecule has 0 radical (unpaired) electrons. The van der Waals surface area contributed by atoms with Crippen molar-refractivity contribution in [2.75, 3.05) is 19.7 Å². The van der Waals surface area contributed by atoms with Crippen molar-refractivity contribution in [2.45, 2.75) is 26.8 Å². The van der Waals surface area contributed by atoms with Crippen LogP contribution in [0.1, 0.15) is 20.8 Å². The van der Waals surface area contributed by atoms with Crippen molar-refractivity contribution >= 4 is 0 Å². The van der Waals surface area contributed by atoms with Gasteiger partial charge in [0.15, 0.2) is 0 Å². The molecule has 1 atom stereocenters. The van der Waals surface area contributed by atoms with Gasteiger partial charge in [0, 0.05) is 6.04 Å². The third-order valence-corrected chi connectivity index (χ3v) is 2.67. The van der Waals surface area contributed by atoms with Crippen LogP contribution in [0.15, 0.2) is 30.3 Å². The summed E-state index contributed by atoms with van der Waals surface area (Å²) in [4.78, 5) is 2.39. The van der Waals surface area contributed by atoms with Gasteiger partial charge in [-0.05, 0) is 32.1 Å². The van der Waals surface area contributed by atoms with Gasteiger partial charge in [0.25, 0.3) is 0 Å². The van der Waals surface area contributed by atoms with Crippen molar-refractivity contribution in [1.82, 2.24) is 4.90 Å². The molecule has 1 aromatic rings. The van der Waals surface area contributed by atoms with Crippen LogP contribution in [0.3, 0.4) is 0 Å². The summed E-state index contributed by atoms with van der Waals surface area (Å²) in [6.07, 6.45) is 0. The molecule has 1 aromatic carbocycles. The minimum absolute atomic E-state index is 0.472. The summed E-state index contributed by atoms with van der Waals surface area (Å²) in [5.41, 5.74) is 0. The summed E-state index contributed by atoms with van der Waals surface area (Å²) in [5, 5.41) is 0.